The maximum atomic E-state index is 5.56. The van der Waals surface area contributed by atoms with E-state index < -0.39 is 0 Å². The maximum Gasteiger partial charge on any atom is 0.310 e. The van der Waals surface area contributed by atoms with Gasteiger partial charge in [0.2, 0.25) is 0 Å². The molecule has 0 saturated carbocycles. The number of anilines is 1. The van der Waals surface area contributed by atoms with Gasteiger partial charge in [-0.2, -0.15) is 4.98 Å². The van der Waals surface area contributed by atoms with Crippen LogP contribution in [0.2, 0.25) is 0 Å². The van der Waals surface area contributed by atoms with Crippen molar-refractivity contribution in [3.8, 4) is 0 Å². The van der Waals surface area contributed by atoms with Crippen molar-refractivity contribution in [1.82, 2.24) is 4.98 Å². The molecule has 0 amide bonds. The fraction of sp³-hybridized carbons (Fsp3) is 0.364. The number of nitrogens with zero attached hydrogens (tertiary/aromatic N) is 1. The monoisotopic (exact) mass is 283 g/mol. The molecule has 4 nitrogen and oxygen atoms in total. The summed E-state index contributed by atoms with van der Waals surface area (Å²) < 4.78 is 6.55. The fourth-order valence-corrected chi connectivity index (χ4v) is 2.06. The molecule has 0 unspecified atom stereocenters. The minimum atomic E-state index is -0.00652. The predicted octanol–water partition coefficient (Wildman–Crippen LogP) is 3.17. The predicted molar refractivity (Wildman–Crippen MR) is 68.2 cm³/mol. The minimum absolute atomic E-state index is 0.00652. The van der Waals surface area contributed by atoms with Crippen LogP contribution in [0.25, 0.3) is 11.1 Å². The Balaban J connectivity index is 2.76. The summed E-state index contributed by atoms with van der Waals surface area (Å²) in [6.45, 7) is 6.39. The Hall–Kier alpha value is -1.07. The van der Waals surface area contributed by atoms with E-state index in [2.05, 4.69) is 47.1 Å². The fourth-order valence-electron chi connectivity index (χ4n) is 1.62. The van der Waals surface area contributed by atoms with Crippen LogP contribution in [0.15, 0.2) is 21.0 Å². The highest BCUT2D eigenvalue weighted by molar-refractivity contribution is 9.10. The molecular weight excluding hydrogens is 270 g/mol. The number of halogens is 1. The molecular formula is C11H14BrN3O. The van der Waals surface area contributed by atoms with Gasteiger partial charge in [0.15, 0.2) is 5.58 Å². The van der Waals surface area contributed by atoms with Crippen molar-refractivity contribution in [3.05, 3.63) is 22.2 Å². The number of hydrogen-bond donors (Lipinski definition) is 2. The van der Waals surface area contributed by atoms with E-state index in [0.29, 0.717) is 6.01 Å². The van der Waals surface area contributed by atoms with Crippen LogP contribution in [0.3, 0.4) is 0 Å². The van der Waals surface area contributed by atoms with Crippen LogP contribution in [-0.2, 0) is 5.41 Å². The van der Waals surface area contributed by atoms with Crippen LogP contribution in [0.5, 0.6) is 0 Å². The van der Waals surface area contributed by atoms with Crippen LogP contribution in [-0.4, -0.2) is 4.98 Å². The Labute approximate surface area is 102 Å². The number of nitrogens with one attached hydrogen (secondary N) is 1. The Morgan fingerprint density at radius 3 is 2.62 bits per heavy atom. The van der Waals surface area contributed by atoms with Crippen molar-refractivity contribution < 1.29 is 4.42 Å². The third kappa shape index (κ3) is 1.92. The van der Waals surface area contributed by atoms with Crippen LogP contribution in [0, 0.1) is 0 Å². The molecule has 0 aliphatic rings. The van der Waals surface area contributed by atoms with Crippen molar-refractivity contribution in [3.63, 3.8) is 0 Å². The highest BCUT2D eigenvalue weighted by Gasteiger charge is 2.21. The van der Waals surface area contributed by atoms with E-state index in [1.807, 2.05) is 12.1 Å². The van der Waals surface area contributed by atoms with Gasteiger partial charge in [-0.1, -0.05) is 36.7 Å². The molecule has 0 radical (unpaired) electrons. The topological polar surface area (TPSA) is 64.1 Å². The number of aromatic nitrogens is 1. The lowest BCUT2D eigenvalue weighted by Gasteiger charge is -2.19. The SMILES string of the molecule is CC(C)(C)c1cc(Br)cc2nc(NN)oc12. The Bertz CT molecular complexity index is 528. The normalized spacial score (nSPS) is 12.1. The first-order chi connectivity index (χ1) is 7.41. The van der Waals surface area contributed by atoms with Crippen molar-refractivity contribution in [2.24, 2.45) is 5.84 Å². The molecule has 1 aromatic heterocycles. The van der Waals surface area contributed by atoms with Gasteiger partial charge in [-0.15, -0.1) is 0 Å². The average Bonchev–Trinajstić information content (AvgIpc) is 2.57. The lowest BCUT2D eigenvalue weighted by Crippen LogP contribution is -2.11. The summed E-state index contributed by atoms with van der Waals surface area (Å²) >= 11 is 3.47. The van der Waals surface area contributed by atoms with Crippen LogP contribution in [0.4, 0.5) is 6.01 Å². The average molecular weight is 284 g/mol. The summed E-state index contributed by atoms with van der Waals surface area (Å²) in [4.78, 5) is 4.23. The summed E-state index contributed by atoms with van der Waals surface area (Å²) in [7, 11) is 0. The van der Waals surface area contributed by atoms with Crippen molar-refractivity contribution in [1.29, 1.82) is 0 Å². The minimum Gasteiger partial charge on any atom is -0.422 e. The number of hydrazine groups is 1. The second-order valence-electron chi connectivity index (χ2n) is 4.71. The molecule has 16 heavy (non-hydrogen) atoms. The number of hydrogen-bond acceptors (Lipinski definition) is 4. The molecule has 2 aromatic rings. The smallest absolute Gasteiger partial charge is 0.310 e. The van der Waals surface area contributed by atoms with Crippen LogP contribution < -0.4 is 11.3 Å². The van der Waals surface area contributed by atoms with Gasteiger partial charge >= 0.3 is 6.01 Å². The quantitative estimate of drug-likeness (QED) is 0.623. The van der Waals surface area contributed by atoms with E-state index in [4.69, 9.17) is 10.3 Å². The highest BCUT2D eigenvalue weighted by atomic mass is 79.9. The van der Waals surface area contributed by atoms with Gasteiger partial charge in [0.1, 0.15) is 5.52 Å². The van der Waals surface area contributed by atoms with Gasteiger partial charge in [0.05, 0.1) is 0 Å². The van der Waals surface area contributed by atoms with E-state index >= 15 is 0 Å². The zero-order chi connectivity index (χ0) is 11.9. The molecule has 3 N–H and O–H groups in total. The highest BCUT2D eigenvalue weighted by Crippen LogP contribution is 2.34. The third-order valence-corrected chi connectivity index (χ3v) is 2.84. The first-order valence-corrected chi connectivity index (χ1v) is 5.78. The van der Waals surface area contributed by atoms with E-state index in [-0.39, 0.29) is 5.41 Å². The van der Waals surface area contributed by atoms with Gasteiger partial charge < -0.3 is 4.42 Å². The van der Waals surface area contributed by atoms with Crippen molar-refractivity contribution in [2.45, 2.75) is 26.2 Å². The second kappa shape index (κ2) is 3.75. The lowest BCUT2D eigenvalue weighted by atomic mass is 9.86. The van der Waals surface area contributed by atoms with Crippen LogP contribution in [0.1, 0.15) is 26.3 Å². The molecule has 0 aliphatic carbocycles. The second-order valence-corrected chi connectivity index (χ2v) is 5.63. The number of benzene rings is 1. The maximum absolute atomic E-state index is 5.56. The van der Waals surface area contributed by atoms with Gasteiger partial charge in [0, 0.05) is 10.0 Å². The lowest BCUT2D eigenvalue weighted by molar-refractivity contribution is 0.560. The van der Waals surface area contributed by atoms with E-state index in [9.17, 15) is 0 Å². The van der Waals surface area contributed by atoms with E-state index in [0.717, 1.165) is 21.1 Å². The third-order valence-electron chi connectivity index (χ3n) is 2.39. The number of fused-ring (bicyclic) bond motifs is 1. The molecule has 0 bridgehead atoms. The molecule has 0 spiro atoms. The summed E-state index contributed by atoms with van der Waals surface area (Å²) in [5.41, 5.74) is 5.10. The Kier molecular flexibility index (Phi) is 2.67. The van der Waals surface area contributed by atoms with Gasteiger partial charge in [-0.25, -0.2) is 5.84 Å². The number of nitrogen functional groups attached to an aromatic ring is 1. The molecule has 1 heterocycles. The first kappa shape index (κ1) is 11.4. The van der Waals surface area contributed by atoms with E-state index in [1.54, 1.807) is 0 Å². The van der Waals surface area contributed by atoms with Gasteiger partial charge in [0.25, 0.3) is 0 Å². The van der Waals surface area contributed by atoms with Gasteiger partial charge in [-0.05, 0) is 17.5 Å². The standard InChI is InChI=1S/C11H14BrN3O/c1-11(2,3)7-4-6(12)5-8-9(7)16-10(14-8)15-13/h4-5H,13H2,1-3H3,(H,14,15). The summed E-state index contributed by atoms with van der Waals surface area (Å²) in [6, 6.07) is 4.29. The van der Waals surface area contributed by atoms with Gasteiger partial charge in [-0.3, -0.25) is 5.43 Å². The van der Waals surface area contributed by atoms with E-state index in [1.165, 1.54) is 0 Å². The molecule has 2 rings (SSSR count). The largest absolute Gasteiger partial charge is 0.422 e. The summed E-state index contributed by atoms with van der Waals surface area (Å²) in [5.74, 6) is 5.29. The van der Waals surface area contributed by atoms with Crippen molar-refractivity contribution in [2.75, 3.05) is 5.43 Å². The molecule has 0 fully saturated rings. The molecule has 5 heteroatoms. The number of oxazole rings is 1. The number of nitrogens with two attached hydrogens (primary N) is 1. The van der Waals surface area contributed by atoms with Crippen LogP contribution >= 0.6 is 15.9 Å². The molecule has 0 atom stereocenters. The Morgan fingerprint density at radius 2 is 2.06 bits per heavy atom. The first-order valence-electron chi connectivity index (χ1n) is 4.99. The zero-order valence-corrected chi connectivity index (χ0v) is 11.1. The zero-order valence-electron chi connectivity index (χ0n) is 9.47. The molecule has 0 saturated heterocycles. The molecule has 86 valence electrons. The summed E-state index contributed by atoms with van der Waals surface area (Å²) in [6.07, 6.45) is 0. The molecule has 1 aromatic carbocycles. The number of rotatable bonds is 1. The van der Waals surface area contributed by atoms with Crippen molar-refractivity contribution >= 4 is 33.0 Å². The Morgan fingerprint density at radius 1 is 1.38 bits per heavy atom. The summed E-state index contributed by atoms with van der Waals surface area (Å²) in [5, 5.41) is 0. The molecule has 0 aliphatic heterocycles.